The Morgan fingerprint density at radius 2 is 1.94 bits per heavy atom. The van der Waals surface area contributed by atoms with Crippen molar-refractivity contribution in [1.29, 1.82) is 0 Å². The number of nitrogens with zero attached hydrogens (tertiary/aromatic N) is 2. The van der Waals surface area contributed by atoms with Gasteiger partial charge in [-0.3, -0.25) is 0 Å². The fourth-order valence-electron chi connectivity index (χ4n) is 1.86. The van der Waals surface area contributed by atoms with Crippen molar-refractivity contribution in [3.05, 3.63) is 42.2 Å². The average molecular weight is 251 g/mol. The zero-order valence-corrected chi connectivity index (χ0v) is 10.2. The Bertz CT molecular complexity index is 502. The van der Waals surface area contributed by atoms with Gasteiger partial charge >= 0.3 is 0 Å². The molecule has 2 rings (SSSR count). The van der Waals surface area contributed by atoms with E-state index in [2.05, 4.69) is 10.3 Å². The molecule has 0 spiro atoms. The van der Waals surface area contributed by atoms with Crippen LogP contribution in [0.3, 0.4) is 0 Å². The molecule has 18 heavy (non-hydrogen) atoms. The molecule has 0 saturated carbocycles. The first-order chi connectivity index (χ1) is 8.70. The second-order valence-corrected chi connectivity index (χ2v) is 4.06. The summed E-state index contributed by atoms with van der Waals surface area (Å²) in [6.07, 6.45) is 4.38. The highest BCUT2D eigenvalue weighted by Crippen LogP contribution is 2.20. The van der Waals surface area contributed by atoms with Gasteiger partial charge in [-0.15, -0.1) is 0 Å². The number of nitrogens with one attached hydrogen (secondary N) is 1. The lowest BCUT2D eigenvalue weighted by Gasteiger charge is -2.08. The number of halogens is 2. The molecule has 0 unspecified atom stereocenters. The lowest BCUT2D eigenvalue weighted by molar-refractivity contribution is 0.582. The number of hydrogen-bond donors (Lipinski definition) is 1. The van der Waals surface area contributed by atoms with E-state index in [1.54, 1.807) is 6.20 Å². The molecule has 1 N–H and O–H groups in total. The Morgan fingerprint density at radius 1 is 1.22 bits per heavy atom. The first kappa shape index (κ1) is 12.7. The largest absolute Gasteiger partial charge is 0.331 e. The number of rotatable bonds is 5. The van der Waals surface area contributed by atoms with Gasteiger partial charge in [-0.05, 0) is 32.1 Å². The van der Waals surface area contributed by atoms with E-state index in [1.807, 2.05) is 17.8 Å². The van der Waals surface area contributed by atoms with Crippen molar-refractivity contribution in [2.45, 2.75) is 13.0 Å². The van der Waals surface area contributed by atoms with E-state index in [-0.39, 0.29) is 0 Å². The van der Waals surface area contributed by atoms with Crippen LogP contribution in [0.2, 0.25) is 0 Å². The van der Waals surface area contributed by atoms with Crippen molar-refractivity contribution in [3.8, 4) is 11.4 Å². The van der Waals surface area contributed by atoms with Gasteiger partial charge in [0.15, 0.2) is 0 Å². The predicted octanol–water partition coefficient (Wildman–Crippen LogP) is 2.44. The number of imidazole rings is 1. The summed E-state index contributed by atoms with van der Waals surface area (Å²) in [6.45, 7) is 1.64. The molecule has 0 bridgehead atoms. The molecule has 5 heteroatoms. The fourth-order valence-corrected chi connectivity index (χ4v) is 1.86. The van der Waals surface area contributed by atoms with Gasteiger partial charge in [-0.1, -0.05) is 0 Å². The number of aromatic nitrogens is 2. The van der Waals surface area contributed by atoms with E-state index in [1.165, 1.54) is 12.1 Å². The molecule has 3 nitrogen and oxygen atoms in total. The lowest BCUT2D eigenvalue weighted by Crippen LogP contribution is -2.11. The van der Waals surface area contributed by atoms with Crippen molar-refractivity contribution in [2.75, 3.05) is 13.6 Å². The van der Waals surface area contributed by atoms with Crippen molar-refractivity contribution in [3.63, 3.8) is 0 Å². The van der Waals surface area contributed by atoms with Crippen molar-refractivity contribution < 1.29 is 8.78 Å². The van der Waals surface area contributed by atoms with Crippen LogP contribution in [-0.4, -0.2) is 23.1 Å². The normalized spacial score (nSPS) is 10.8. The highest BCUT2D eigenvalue weighted by atomic mass is 19.1. The molecule has 0 atom stereocenters. The zero-order valence-electron chi connectivity index (χ0n) is 10.2. The second-order valence-electron chi connectivity index (χ2n) is 4.06. The maximum atomic E-state index is 13.2. The van der Waals surface area contributed by atoms with Crippen LogP contribution in [0.5, 0.6) is 0 Å². The molecule has 0 fully saturated rings. The third-order valence-electron chi connectivity index (χ3n) is 2.66. The maximum Gasteiger partial charge on any atom is 0.140 e. The van der Waals surface area contributed by atoms with Gasteiger partial charge in [0.25, 0.3) is 0 Å². The summed E-state index contributed by atoms with van der Waals surface area (Å²) in [5, 5.41) is 3.05. The molecule has 0 radical (unpaired) electrons. The Kier molecular flexibility index (Phi) is 4.04. The van der Waals surface area contributed by atoms with Gasteiger partial charge in [0, 0.05) is 30.6 Å². The monoisotopic (exact) mass is 251 g/mol. The van der Waals surface area contributed by atoms with E-state index in [0.717, 1.165) is 25.6 Å². The number of hydrogen-bond acceptors (Lipinski definition) is 2. The molecular formula is C13H15F2N3. The number of benzene rings is 1. The maximum absolute atomic E-state index is 13.2. The molecule has 1 aromatic carbocycles. The fraction of sp³-hybridized carbons (Fsp3) is 0.308. The summed E-state index contributed by atoms with van der Waals surface area (Å²) in [5.41, 5.74) is 0.460. The molecule has 0 saturated heterocycles. The highest BCUT2D eigenvalue weighted by Gasteiger charge is 2.08. The minimum atomic E-state index is -0.588. The molecule has 0 aliphatic heterocycles. The first-order valence-electron chi connectivity index (χ1n) is 5.83. The van der Waals surface area contributed by atoms with Crippen LogP contribution < -0.4 is 5.32 Å². The zero-order chi connectivity index (χ0) is 13.0. The van der Waals surface area contributed by atoms with Crippen LogP contribution in [0.1, 0.15) is 6.42 Å². The Balaban J connectivity index is 2.24. The predicted molar refractivity (Wildman–Crippen MR) is 66.1 cm³/mol. The third-order valence-corrected chi connectivity index (χ3v) is 2.66. The van der Waals surface area contributed by atoms with Gasteiger partial charge in [0.1, 0.15) is 17.5 Å². The summed E-state index contributed by atoms with van der Waals surface area (Å²) >= 11 is 0. The summed E-state index contributed by atoms with van der Waals surface area (Å²) in [5.74, 6) is -0.589. The Labute approximate surface area is 104 Å². The quantitative estimate of drug-likeness (QED) is 0.827. The molecule has 1 heterocycles. The smallest absolute Gasteiger partial charge is 0.140 e. The molecule has 96 valence electrons. The van der Waals surface area contributed by atoms with Crippen LogP contribution >= 0.6 is 0 Å². The standard InChI is InChI=1S/C13H15F2N3/c1-16-3-2-5-18-6-4-17-13(18)10-7-11(14)9-12(15)8-10/h4,6-9,16H,2-3,5H2,1H3. The van der Waals surface area contributed by atoms with Crippen LogP contribution in [0, 0.1) is 11.6 Å². The lowest BCUT2D eigenvalue weighted by atomic mass is 10.2. The Hall–Kier alpha value is -1.75. The van der Waals surface area contributed by atoms with E-state index in [4.69, 9.17) is 0 Å². The van der Waals surface area contributed by atoms with E-state index in [9.17, 15) is 8.78 Å². The van der Waals surface area contributed by atoms with Gasteiger partial charge in [-0.25, -0.2) is 13.8 Å². The van der Waals surface area contributed by atoms with Gasteiger partial charge in [0.2, 0.25) is 0 Å². The summed E-state index contributed by atoms with van der Waals surface area (Å²) in [6, 6.07) is 3.44. The van der Waals surface area contributed by atoms with Gasteiger partial charge < -0.3 is 9.88 Å². The van der Waals surface area contributed by atoms with E-state index in [0.29, 0.717) is 11.4 Å². The highest BCUT2D eigenvalue weighted by molar-refractivity contribution is 5.55. The number of aryl methyl sites for hydroxylation is 1. The second kappa shape index (κ2) is 5.73. The van der Waals surface area contributed by atoms with Crippen molar-refractivity contribution in [1.82, 2.24) is 14.9 Å². The first-order valence-corrected chi connectivity index (χ1v) is 5.83. The molecule has 0 aliphatic carbocycles. The van der Waals surface area contributed by atoms with E-state index >= 15 is 0 Å². The Morgan fingerprint density at radius 3 is 2.61 bits per heavy atom. The van der Waals surface area contributed by atoms with Crippen LogP contribution in [-0.2, 0) is 6.54 Å². The van der Waals surface area contributed by atoms with Crippen molar-refractivity contribution in [2.24, 2.45) is 0 Å². The van der Waals surface area contributed by atoms with Crippen LogP contribution in [0.4, 0.5) is 8.78 Å². The minimum absolute atomic E-state index is 0.460. The van der Waals surface area contributed by atoms with Crippen LogP contribution in [0.15, 0.2) is 30.6 Å². The molecule has 1 aromatic heterocycles. The molecule has 0 amide bonds. The topological polar surface area (TPSA) is 29.9 Å². The van der Waals surface area contributed by atoms with Crippen molar-refractivity contribution >= 4 is 0 Å². The van der Waals surface area contributed by atoms with Crippen LogP contribution in [0.25, 0.3) is 11.4 Å². The summed E-state index contributed by atoms with van der Waals surface area (Å²) in [7, 11) is 1.89. The minimum Gasteiger partial charge on any atom is -0.331 e. The van der Waals surface area contributed by atoms with Gasteiger partial charge in [-0.2, -0.15) is 0 Å². The average Bonchev–Trinajstić information content (AvgIpc) is 2.76. The molecule has 2 aromatic rings. The molecule has 0 aliphatic rings. The molecular weight excluding hydrogens is 236 g/mol. The third kappa shape index (κ3) is 2.92. The van der Waals surface area contributed by atoms with Gasteiger partial charge in [0.05, 0.1) is 0 Å². The SMILES string of the molecule is CNCCCn1ccnc1-c1cc(F)cc(F)c1. The summed E-state index contributed by atoms with van der Waals surface area (Å²) in [4.78, 5) is 4.16. The van der Waals surface area contributed by atoms with E-state index < -0.39 is 11.6 Å². The summed E-state index contributed by atoms with van der Waals surface area (Å²) < 4.78 is 28.2.